The van der Waals surface area contributed by atoms with Crippen LogP contribution in [0.15, 0.2) is 16.0 Å². The average Bonchev–Trinajstić information content (AvgIpc) is 2.70. The number of hydrogen-bond acceptors (Lipinski definition) is 5. The molecule has 1 amide bonds. The second kappa shape index (κ2) is 15.5. The Kier molecular flexibility index (Phi) is 14.2. The number of unbranched alkanes of at least 4 members (excludes halogenated alkanes) is 6. The van der Waals surface area contributed by atoms with E-state index < -0.39 is 0 Å². The summed E-state index contributed by atoms with van der Waals surface area (Å²) in [7, 11) is 0. The van der Waals surface area contributed by atoms with E-state index >= 15 is 0 Å². The third-order valence-corrected chi connectivity index (χ3v) is 7.49. The fourth-order valence-electron chi connectivity index (χ4n) is 3.04. The smallest absolute Gasteiger partial charge is 0.237 e. The zero-order valence-electron chi connectivity index (χ0n) is 18.3. The molecule has 0 aliphatic rings. The molecule has 1 N–H and O–H groups in total. The molecule has 0 aliphatic carbocycles. The number of carbonyl (C=O) groups excluding carboxylic acids is 1. The molecule has 0 aliphatic heterocycles. The summed E-state index contributed by atoms with van der Waals surface area (Å²) in [5, 5.41) is 4.18. The van der Waals surface area contributed by atoms with Crippen LogP contribution in [0.25, 0.3) is 0 Å². The fourth-order valence-corrected chi connectivity index (χ4v) is 5.55. The van der Waals surface area contributed by atoms with Crippen molar-refractivity contribution in [1.82, 2.24) is 4.98 Å². The first-order chi connectivity index (χ1) is 13.6. The second-order valence-corrected chi connectivity index (χ2v) is 10.1. The lowest BCUT2D eigenvalue weighted by molar-refractivity contribution is -0.115. The summed E-state index contributed by atoms with van der Waals surface area (Å²) >= 11 is 5.10. The van der Waals surface area contributed by atoms with E-state index in [2.05, 4.69) is 36.5 Å². The predicted molar refractivity (Wildman–Crippen MR) is 130 cm³/mol. The number of thioether (sulfide) groups is 3. The Morgan fingerprint density at radius 3 is 2.36 bits per heavy atom. The Morgan fingerprint density at radius 2 is 1.71 bits per heavy atom. The maximum absolute atomic E-state index is 13.1. The number of nitrogens with one attached hydrogen (secondary N) is 1. The minimum atomic E-state index is 0.0317. The summed E-state index contributed by atoms with van der Waals surface area (Å²) in [6, 6.07) is 2.06. The molecular weight excluding hydrogens is 404 g/mol. The fraction of sp³-hybridized carbons (Fsp3) is 0.727. The van der Waals surface area contributed by atoms with Gasteiger partial charge in [-0.2, -0.15) is 0 Å². The van der Waals surface area contributed by atoms with Crippen molar-refractivity contribution in [3.05, 3.63) is 11.8 Å². The number of aromatic nitrogens is 1. The molecule has 1 unspecified atom stereocenters. The summed E-state index contributed by atoms with van der Waals surface area (Å²) < 4.78 is 0. The number of carbonyl (C=O) groups is 1. The first-order valence-electron chi connectivity index (χ1n) is 10.6. The van der Waals surface area contributed by atoms with E-state index in [1.165, 1.54) is 44.9 Å². The molecule has 28 heavy (non-hydrogen) atoms. The second-order valence-electron chi connectivity index (χ2n) is 7.11. The molecule has 0 saturated carbocycles. The minimum absolute atomic E-state index is 0.0317. The van der Waals surface area contributed by atoms with Crippen molar-refractivity contribution < 1.29 is 4.79 Å². The topological polar surface area (TPSA) is 42.0 Å². The van der Waals surface area contributed by atoms with Crippen LogP contribution in [0.4, 0.5) is 5.69 Å². The zero-order valence-corrected chi connectivity index (χ0v) is 20.8. The summed E-state index contributed by atoms with van der Waals surface area (Å²) in [6.07, 6.45) is 14.9. The summed E-state index contributed by atoms with van der Waals surface area (Å²) in [6.45, 7) is 6.47. The van der Waals surface area contributed by atoms with E-state index in [1.807, 2.05) is 24.9 Å². The Labute approximate surface area is 185 Å². The van der Waals surface area contributed by atoms with Crippen LogP contribution in [0.2, 0.25) is 0 Å². The molecule has 1 rings (SSSR count). The molecule has 0 bridgehead atoms. The molecule has 1 aromatic rings. The molecule has 0 aromatic carbocycles. The van der Waals surface area contributed by atoms with Crippen molar-refractivity contribution in [2.45, 2.75) is 93.7 Å². The van der Waals surface area contributed by atoms with E-state index in [9.17, 15) is 4.79 Å². The van der Waals surface area contributed by atoms with E-state index in [4.69, 9.17) is 0 Å². The van der Waals surface area contributed by atoms with Gasteiger partial charge < -0.3 is 5.32 Å². The molecule has 6 heteroatoms. The van der Waals surface area contributed by atoms with Gasteiger partial charge in [-0.1, -0.05) is 58.8 Å². The van der Waals surface area contributed by atoms with E-state index in [0.717, 1.165) is 39.9 Å². The Balaban J connectivity index is 2.80. The quantitative estimate of drug-likeness (QED) is 0.226. The number of aryl methyl sites for hydroxylation is 1. The van der Waals surface area contributed by atoms with Crippen LogP contribution in [0, 0.1) is 6.92 Å². The Morgan fingerprint density at radius 1 is 1.04 bits per heavy atom. The lowest BCUT2D eigenvalue weighted by atomic mass is 10.1. The molecule has 0 radical (unpaired) electrons. The van der Waals surface area contributed by atoms with Crippen molar-refractivity contribution in [2.75, 3.05) is 23.6 Å². The SMILES string of the molecule is CCCCCCCC(SCCCCC)C(=O)Nc1c(SC)cc(C)nc1SC. The lowest BCUT2D eigenvalue weighted by Gasteiger charge is -2.19. The monoisotopic (exact) mass is 442 g/mol. The summed E-state index contributed by atoms with van der Waals surface area (Å²) in [4.78, 5) is 18.9. The normalized spacial score (nSPS) is 12.2. The van der Waals surface area contributed by atoms with Crippen LogP contribution >= 0.6 is 35.3 Å². The minimum Gasteiger partial charge on any atom is -0.322 e. The van der Waals surface area contributed by atoms with Gasteiger partial charge in [0.1, 0.15) is 5.03 Å². The molecule has 160 valence electrons. The Bertz CT molecular complexity index is 556. The summed E-state index contributed by atoms with van der Waals surface area (Å²) in [5.41, 5.74) is 1.88. The third kappa shape index (κ3) is 9.45. The number of amides is 1. The number of rotatable bonds is 15. The van der Waals surface area contributed by atoms with Gasteiger partial charge in [0, 0.05) is 10.6 Å². The highest BCUT2D eigenvalue weighted by Crippen LogP contribution is 2.34. The maximum Gasteiger partial charge on any atom is 0.237 e. The molecule has 1 atom stereocenters. The van der Waals surface area contributed by atoms with Gasteiger partial charge in [0.05, 0.1) is 10.9 Å². The van der Waals surface area contributed by atoms with Gasteiger partial charge in [-0.15, -0.1) is 35.3 Å². The number of pyridine rings is 1. The van der Waals surface area contributed by atoms with Gasteiger partial charge in [0.25, 0.3) is 0 Å². The molecule has 1 aromatic heterocycles. The van der Waals surface area contributed by atoms with Gasteiger partial charge in [-0.05, 0) is 44.1 Å². The summed E-state index contributed by atoms with van der Waals surface area (Å²) in [5.74, 6) is 1.21. The molecule has 0 spiro atoms. The molecule has 0 saturated heterocycles. The van der Waals surface area contributed by atoms with E-state index in [-0.39, 0.29) is 11.2 Å². The van der Waals surface area contributed by atoms with Crippen LogP contribution in [-0.4, -0.2) is 34.4 Å². The molecular formula is C22H38N2OS3. The van der Waals surface area contributed by atoms with E-state index in [0.29, 0.717) is 0 Å². The van der Waals surface area contributed by atoms with Crippen LogP contribution in [-0.2, 0) is 4.79 Å². The number of nitrogens with zero attached hydrogens (tertiary/aromatic N) is 1. The van der Waals surface area contributed by atoms with Crippen molar-refractivity contribution >= 4 is 46.9 Å². The maximum atomic E-state index is 13.1. The van der Waals surface area contributed by atoms with Gasteiger partial charge >= 0.3 is 0 Å². The average molecular weight is 443 g/mol. The predicted octanol–water partition coefficient (Wildman–Crippen LogP) is 7.42. The van der Waals surface area contributed by atoms with Crippen LogP contribution in [0.5, 0.6) is 0 Å². The lowest BCUT2D eigenvalue weighted by Crippen LogP contribution is -2.26. The van der Waals surface area contributed by atoms with Crippen molar-refractivity contribution in [3.63, 3.8) is 0 Å². The molecule has 1 heterocycles. The third-order valence-electron chi connectivity index (χ3n) is 4.67. The first-order valence-corrected chi connectivity index (χ1v) is 14.1. The van der Waals surface area contributed by atoms with Crippen molar-refractivity contribution in [1.29, 1.82) is 0 Å². The highest BCUT2D eigenvalue weighted by Gasteiger charge is 2.21. The van der Waals surface area contributed by atoms with Gasteiger partial charge in [-0.3, -0.25) is 4.79 Å². The van der Waals surface area contributed by atoms with Gasteiger partial charge in [-0.25, -0.2) is 4.98 Å². The highest BCUT2D eigenvalue weighted by atomic mass is 32.2. The van der Waals surface area contributed by atoms with E-state index in [1.54, 1.807) is 23.5 Å². The molecule has 3 nitrogen and oxygen atoms in total. The molecule has 0 fully saturated rings. The first kappa shape index (κ1) is 25.7. The van der Waals surface area contributed by atoms with Crippen LogP contribution in [0.1, 0.15) is 77.3 Å². The van der Waals surface area contributed by atoms with Crippen molar-refractivity contribution in [3.8, 4) is 0 Å². The zero-order chi connectivity index (χ0) is 20.8. The Hall–Kier alpha value is -0.330. The largest absolute Gasteiger partial charge is 0.322 e. The number of hydrogen-bond donors (Lipinski definition) is 1. The number of anilines is 1. The standard InChI is InChI=1S/C22H38N2OS3/c1-6-8-10-11-12-14-18(28-15-13-9-7-2)21(25)24-20-19(26-4)16-17(3)23-22(20)27-5/h16,18H,6-15H2,1-5H3,(H,24,25). The van der Waals surface area contributed by atoms with Crippen LogP contribution < -0.4 is 5.32 Å². The van der Waals surface area contributed by atoms with Crippen molar-refractivity contribution in [2.24, 2.45) is 0 Å². The van der Waals surface area contributed by atoms with Gasteiger partial charge in [0.15, 0.2) is 0 Å². The highest BCUT2D eigenvalue weighted by molar-refractivity contribution is 8.00. The van der Waals surface area contributed by atoms with Gasteiger partial charge in [0.2, 0.25) is 5.91 Å². The van der Waals surface area contributed by atoms with Crippen LogP contribution in [0.3, 0.4) is 0 Å².